The number of esters is 4. The molecule has 504 valence electrons. The number of carbonyl (C=O) groups excluding carboxylic acids is 9. The number of fused-ring (bicyclic) bond motifs is 2. The maximum Gasteiger partial charge on any atom is 0.358 e. The Balaban J connectivity index is 0.000000249. The number of aromatic nitrogens is 4. The molecule has 10 atom stereocenters. The van der Waals surface area contributed by atoms with Gasteiger partial charge >= 0.3 is 29.8 Å². The van der Waals surface area contributed by atoms with Gasteiger partial charge in [-0.25, -0.2) is 43.9 Å². The molecule has 0 bridgehead atoms. The number of amides is 5. The molecular formula is C66H100N10O15. The molecule has 4 heterocycles. The average Bonchev–Trinajstić information content (AvgIpc) is 1.64. The number of nitrogens with one attached hydrogen (secondary N) is 3. The molecule has 4 aliphatic carbocycles. The summed E-state index contributed by atoms with van der Waals surface area (Å²) in [4.78, 5) is 147. The number of likely N-dealkylation sites (tertiary alicyclic amines) is 2. The molecule has 25 nitrogen and oxygen atoms in total. The zero-order valence-electron chi connectivity index (χ0n) is 55.9. The highest BCUT2D eigenvalue weighted by Gasteiger charge is 2.55. The Morgan fingerprint density at radius 3 is 1.23 bits per heavy atom. The van der Waals surface area contributed by atoms with Gasteiger partial charge < -0.3 is 55.5 Å². The van der Waals surface area contributed by atoms with Crippen molar-refractivity contribution < 1.29 is 72.0 Å². The van der Waals surface area contributed by atoms with E-state index in [0.29, 0.717) is 19.0 Å². The predicted octanol–water partition coefficient (Wildman–Crippen LogP) is 6.80. The van der Waals surface area contributed by atoms with E-state index in [1.807, 2.05) is 83.1 Å². The van der Waals surface area contributed by atoms with E-state index in [1.54, 1.807) is 9.80 Å². The number of rotatable bonds is 15. The summed E-state index contributed by atoms with van der Waals surface area (Å²) in [6.45, 7) is 23.5. The summed E-state index contributed by atoms with van der Waals surface area (Å²) < 4.78 is 20.5. The minimum absolute atomic E-state index is 0.0208. The molecule has 91 heavy (non-hydrogen) atoms. The number of carbonyl (C=O) groups is 10. The minimum Gasteiger partial charge on any atom is -0.476 e. The van der Waals surface area contributed by atoms with E-state index in [1.165, 1.54) is 26.8 Å². The third-order valence-corrected chi connectivity index (χ3v) is 18.1. The van der Waals surface area contributed by atoms with Crippen LogP contribution in [0.5, 0.6) is 0 Å². The SMILES string of the molecule is CC(C)(C)OC(=O)[C@@H]1[C@H]2CCC[C@H]2CN1C(=O)[C@@H](NC(=O)[C@@H](N)C1CCCCC1)C(C)(C)C.COC(=O)c1cnc(C(=O)N[C@H](C(=O)N[C@H](C(=O)N2C[C@@H]3CCC[C@@H]3[C@H]2C(=O)OC(C)(C)C)C(C)(C)C)C2CCCCC2)cn1.COC(=O)c1cnc(C(=O)O)cn1. The molecule has 8 rings (SSSR count). The van der Waals surface area contributed by atoms with Crippen molar-refractivity contribution in [3.63, 3.8) is 0 Å². The van der Waals surface area contributed by atoms with Gasteiger partial charge in [0, 0.05) is 13.1 Å². The molecule has 0 spiro atoms. The van der Waals surface area contributed by atoms with Crippen LogP contribution < -0.4 is 21.7 Å². The summed E-state index contributed by atoms with van der Waals surface area (Å²) in [5.74, 6) is -4.40. The molecule has 25 heteroatoms. The van der Waals surface area contributed by atoms with Gasteiger partial charge in [-0.1, -0.05) is 92.9 Å². The quantitative estimate of drug-likeness (QED) is 0.0904. The van der Waals surface area contributed by atoms with Crippen LogP contribution in [0.4, 0.5) is 0 Å². The Morgan fingerprint density at radius 2 is 0.868 bits per heavy atom. The number of carboxylic acid groups (broad SMARTS) is 1. The molecule has 0 aromatic carbocycles. The van der Waals surface area contributed by atoms with E-state index in [0.717, 1.165) is 115 Å². The zero-order valence-corrected chi connectivity index (χ0v) is 55.9. The lowest BCUT2D eigenvalue weighted by molar-refractivity contribution is -0.166. The van der Waals surface area contributed by atoms with E-state index in [2.05, 4.69) is 45.4 Å². The van der Waals surface area contributed by atoms with Crippen molar-refractivity contribution in [3.8, 4) is 0 Å². The van der Waals surface area contributed by atoms with Crippen LogP contribution >= 0.6 is 0 Å². The fourth-order valence-electron chi connectivity index (χ4n) is 13.6. The maximum absolute atomic E-state index is 14.4. The first kappa shape index (κ1) is 72.9. The first-order chi connectivity index (χ1) is 42.5. The molecular weight excluding hydrogens is 1170 g/mol. The summed E-state index contributed by atoms with van der Waals surface area (Å²) in [6.07, 6.45) is 19.9. The molecule has 5 amide bonds. The first-order valence-electron chi connectivity index (χ1n) is 32.3. The van der Waals surface area contributed by atoms with Crippen LogP contribution in [0.1, 0.15) is 228 Å². The van der Waals surface area contributed by atoms with Crippen molar-refractivity contribution in [1.29, 1.82) is 0 Å². The van der Waals surface area contributed by atoms with Crippen molar-refractivity contribution in [2.45, 2.75) is 233 Å². The lowest BCUT2D eigenvalue weighted by atomic mass is 9.82. The Kier molecular flexibility index (Phi) is 24.8. The summed E-state index contributed by atoms with van der Waals surface area (Å²) >= 11 is 0. The van der Waals surface area contributed by atoms with Crippen LogP contribution in [-0.4, -0.2) is 169 Å². The fourth-order valence-corrected chi connectivity index (χ4v) is 13.6. The second kappa shape index (κ2) is 31.0. The van der Waals surface area contributed by atoms with Crippen molar-refractivity contribution in [1.82, 2.24) is 45.7 Å². The lowest BCUT2D eigenvalue weighted by Gasteiger charge is -2.38. The van der Waals surface area contributed by atoms with Crippen molar-refractivity contribution >= 4 is 59.4 Å². The highest BCUT2D eigenvalue weighted by atomic mass is 16.6. The minimum atomic E-state index is -1.19. The second-order valence-corrected chi connectivity index (χ2v) is 29.4. The number of nitrogens with zero attached hydrogens (tertiary/aromatic N) is 6. The van der Waals surface area contributed by atoms with Gasteiger partial charge in [0.2, 0.25) is 23.6 Å². The van der Waals surface area contributed by atoms with Gasteiger partial charge in [-0.15, -0.1) is 0 Å². The standard InChI is InChI=1S/C33H49N5O7.C26H45N3O4.C7H6N2O4/c1-32(2,3)26(29(41)38-18-20-14-11-15-21(20)25(38)31(43)45-33(4,5)6)37-28(40)24(19-12-9-8-10-13-19)36-27(39)22-16-35-23(17-34-22)30(42)44-7;1-25(2,3)21(28-22(30)19(27)16-11-8-7-9-12-16)23(31)29-15-17-13-10-14-18(17)20(29)24(32)33-26(4,5)6;1-13-7(12)5-3-8-4(2-9-5)6(10)11/h16-17,19-21,24-26H,8-15,18H2,1-7H3,(H,36,39)(H,37,40);16-21H,7-15,27H2,1-6H3,(H,28,30);2-3H,1H3,(H,10,11)/t20-,21-,24-,25-,26+;17-,18-,19-,20-,21+;/m00./s1. The normalized spacial score (nSPS) is 23.2. The highest BCUT2D eigenvalue weighted by Crippen LogP contribution is 2.45. The molecule has 6 aliphatic rings. The summed E-state index contributed by atoms with van der Waals surface area (Å²) in [7, 11) is 2.43. The van der Waals surface area contributed by atoms with Crippen LogP contribution in [-0.2, 0) is 47.7 Å². The number of nitrogens with two attached hydrogens (primary N) is 1. The molecule has 0 unspecified atom stereocenters. The lowest BCUT2D eigenvalue weighted by Crippen LogP contribution is -2.61. The van der Waals surface area contributed by atoms with Crippen LogP contribution in [0.15, 0.2) is 24.8 Å². The Hall–Kier alpha value is -7.18. The van der Waals surface area contributed by atoms with Crippen LogP contribution in [0.25, 0.3) is 0 Å². The molecule has 0 radical (unpaired) electrons. The van der Waals surface area contributed by atoms with Gasteiger partial charge in [0.1, 0.15) is 47.1 Å². The Bertz CT molecular complexity index is 2900. The smallest absolute Gasteiger partial charge is 0.358 e. The maximum atomic E-state index is 14.4. The topological polar surface area (TPSA) is 348 Å². The van der Waals surface area contributed by atoms with Crippen LogP contribution in [0, 0.1) is 46.3 Å². The Morgan fingerprint density at radius 1 is 0.495 bits per heavy atom. The van der Waals surface area contributed by atoms with Crippen molar-refractivity contribution in [3.05, 3.63) is 47.6 Å². The first-order valence-corrected chi connectivity index (χ1v) is 32.3. The second-order valence-electron chi connectivity index (χ2n) is 29.4. The van der Waals surface area contributed by atoms with E-state index in [9.17, 15) is 47.9 Å². The molecule has 6 N–H and O–H groups in total. The van der Waals surface area contributed by atoms with Gasteiger partial charge in [0.15, 0.2) is 17.1 Å². The van der Waals surface area contributed by atoms with Crippen molar-refractivity contribution in [2.75, 3.05) is 27.3 Å². The van der Waals surface area contributed by atoms with E-state index in [-0.39, 0.29) is 76.1 Å². The highest BCUT2D eigenvalue weighted by molar-refractivity contribution is 5.99. The molecule has 2 aromatic rings. The zero-order chi connectivity index (χ0) is 67.5. The largest absolute Gasteiger partial charge is 0.476 e. The third-order valence-electron chi connectivity index (χ3n) is 18.1. The molecule has 2 aliphatic heterocycles. The fraction of sp³-hybridized carbons (Fsp3) is 0.727. The van der Waals surface area contributed by atoms with E-state index >= 15 is 0 Å². The molecule has 2 saturated heterocycles. The number of methoxy groups -OCH3 is 2. The third kappa shape index (κ3) is 19.4. The van der Waals surface area contributed by atoms with Gasteiger partial charge in [-0.2, -0.15) is 0 Å². The van der Waals surface area contributed by atoms with Crippen LogP contribution in [0.2, 0.25) is 0 Å². The van der Waals surface area contributed by atoms with E-state index < -0.39 is 94.0 Å². The average molecular weight is 1270 g/mol. The molecule has 2 aromatic heterocycles. The summed E-state index contributed by atoms with van der Waals surface area (Å²) in [5.41, 5.74) is 3.48. The molecule has 4 saturated carbocycles. The predicted molar refractivity (Wildman–Crippen MR) is 333 cm³/mol. The van der Waals surface area contributed by atoms with Crippen molar-refractivity contribution in [2.24, 2.45) is 52.1 Å². The molecule has 6 fully saturated rings. The monoisotopic (exact) mass is 1270 g/mol. The number of ether oxygens (including phenoxy) is 4. The Labute approximate surface area is 535 Å². The summed E-state index contributed by atoms with van der Waals surface area (Å²) in [5, 5.41) is 17.3. The number of aromatic carboxylic acids is 1. The summed E-state index contributed by atoms with van der Waals surface area (Å²) in [6, 6.07) is -4.51. The van der Waals surface area contributed by atoms with Gasteiger partial charge in [0.25, 0.3) is 5.91 Å². The van der Waals surface area contributed by atoms with Gasteiger partial charge in [0.05, 0.1) is 45.0 Å². The van der Waals surface area contributed by atoms with Gasteiger partial charge in [-0.3, -0.25) is 24.0 Å². The number of hydrogen-bond acceptors (Lipinski definition) is 19. The van der Waals surface area contributed by atoms with E-state index in [4.69, 9.17) is 20.3 Å². The number of hydrogen-bond donors (Lipinski definition) is 5. The number of carboxylic acids is 1. The van der Waals surface area contributed by atoms with Crippen LogP contribution in [0.3, 0.4) is 0 Å². The van der Waals surface area contributed by atoms with Gasteiger partial charge in [-0.05, 0) is 139 Å².